The molecular formula is C61H73ClN8O17S3. The van der Waals surface area contributed by atoms with Crippen molar-refractivity contribution in [3.05, 3.63) is 110 Å². The highest BCUT2D eigenvalue weighted by Gasteiger charge is 2.50. The Bertz CT molecular complexity index is 3670. The monoisotopic (exact) mass is 1320 g/mol. The number of fused-ring (bicyclic) bond motifs is 3. The molecule has 2 fully saturated rings. The van der Waals surface area contributed by atoms with Crippen molar-refractivity contribution in [2.45, 2.75) is 132 Å². The van der Waals surface area contributed by atoms with Crippen LogP contribution < -0.4 is 31.3 Å². The molecule has 4 aromatic carbocycles. The Hall–Kier alpha value is -6.99. The van der Waals surface area contributed by atoms with Crippen LogP contribution in [-0.4, -0.2) is 171 Å². The SMILES string of the molecule is COc1cccc2c1C(=O)c1c(O)c3c(c(O)c1C2=O)C[C@@](O)(C(CO)=NNC(=O)OCCSSCCOC(=O)N1CCC(c2cc(OC(C)C)c(Nc4ncc(Cl)c(Nc5ccccc5S(=O)(=O)C(C)C)n4)cc2C)CC1)C[C@@H]3OC1CC(N)C(O)C(C)O1. The van der Waals surface area contributed by atoms with Gasteiger partial charge < -0.3 is 75.2 Å². The predicted octanol–water partition coefficient (Wildman–Crippen LogP) is 8.12. The number of nitrogens with zero attached hydrogens (tertiary/aromatic N) is 4. The van der Waals surface area contributed by atoms with Crippen LogP contribution in [0.2, 0.25) is 5.02 Å². The summed E-state index contributed by atoms with van der Waals surface area (Å²) in [4.78, 5) is 65.0. The number of carbonyl (C=O) groups is 4. The second-order valence-electron chi connectivity index (χ2n) is 22.7. The average molecular weight is 1320 g/mol. The summed E-state index contributed by atoms with van der Waals surface area (Å²) in [5.41, 5.74) is 7.09. The van der Waals surface area contributed by atoms with Crippen LogP contribution in [0.1, 0.15) is 126 Å². The summed E-state index contributed by atoms with van der Waals surface area (Å²) in [6, 6.07) is 14.0. The molecule has 0 spiro atoms. The molecule has 3 heterocycles. The summed E-state index contributed by atoms with van der Waals surface area (Å²) in [5.74, 6) is -1.16. The number of aliphatic hydroxyl groups excluding tert-OH is 2. The summed E-state index contributed by atoms with van der Waals surface area (Å²) < 4.78 is 61.0. The number of aromatic nitrogens is 2. The molecule has 1 aromatic heterocycles. The van der Waals surface area contributed by atoms with Crippen molar-refractivity contribution in [2.75, 3.05) is 62.2 Å². The number of aryl methyl sites for hydroxylation is 1. The van der Waals surface area contributed by atoms with Gasteiger partial charge in [-0.05, 0) is 102 Å². The van der Waals surface area contributed by atoms with Gasteiger partial charge in [0, 0.05) is 66.6 Å². The smallest absolute Gasteiger partial charge is 0.427 e. The van der Waals surface area contributed by atoms with Crippen LogP contribution in [0, 0.1) is 6.92 Å². The lowest BCUT2D eigenvalue weighted by Crippen LogP contribution is -2.53. The lowest BCUT2D eigenvalue weighted by molar-refractivity contribution is -0.245. The number of benzene rings is 4. The van der Waals surface area contributed by atoms with Gasteiger partial charge in [-0.25, -0.2) is 28.4 Å². The van der Waals surface area contributed by atoms with Crippen molar-refractivity contribution in [3.8, 4) is 23.0 Å². The first-order valence-electron chi connectivity index (χ1n) is 29.2. The van der Waals surface area contributed by atoms with Gasteiger partial charge in [-0.3, -0.25) is 9.59 Å². The van der Waals surface area contributed by atoms with Gasteiger partial charge in [0.05, 0.1) is 88.3 Å². The second kappa shape index (κ2) is 28.7. The second-order valence-corrected chi connectivity index (χ2v) is 28.2. The number of nitrogens with two attached hydrogens (primary N) is 1. The number of ketones is 2. The van der Waals surface area contributed by atoms with Gasteiger partial charge in [0.2, 0.25) is 11.7 Å². The number of likely N-dealkylation sites (tertiary alicyclic amines) is 1. The largest absolute Gasteiger partial charge is 0.507 e. The maximum absolute atomic E-state index is 14.1. The number of sulfone groups is 1. The number of piperidine rings is 1. The molecule has 90 heavy (non-hydrogen) atoms. The fraction of sp³-hybridized carbons (Fsp3) is 0.459. The highest BCUT2D eigenvalue weighted by Crippen LogP contribution is 2.53. The minimum atomic E-state index is -3.63. The van der Waals surface area contributed by atoms with Crippen molar-refractivity contribution in [1.29, 1.82) is 0 Å². The molecule has 0 bridgehead atoms. The summed E-state index contributed by atoms with van der Waals surface area (Å²) in [6.07, 6.45) is -4.43. The van der Waals surface area contributed by atoms with Crippen molar-refractivity contribution in [3.63, 3.8) is 0 Å². The molecule has 10 N–H and O–H groups in total. The van der Waals surface area contributed by atoms with E-state index in [0.717, 1.165) is 11.1 Å². The van der Waals surface area contributed by atoms with Crippen LogP contribution in [0.15, 0.2) is 70.8 Å². The van der Waals surface area contributed by atoms with E-state index in [4.69, 9.17) is 45.8 Å². The molecule has 5 aromatic rings. The first kappa shape index (κ1) is 67.4. The van der Waals surface area contributed by atoms with Gasteiger partial charge in [-0.1, -0.05) is 57.5 Å². The van der Waals surface area contributed by atoms with Gasteiger partial charge in [0.15, 0.2) is 27.7 Å². The Morgan fingerprint density at radius 3 is 2.32 bits per heavy atom. The van der Waals surface area contributed by atoms with Crippen LogP contribution in [0.5, 0.6) is 23.0 Å². The maximum Gasteiger partial charge on any atom is 0.427 e. The van der Waals surface area contributed by atoms with Crippen LogP contribution in [0.3, 0.4) is 0 Å². The summed E-state index contributed by atoms with van der Waals surface area (Å²) in [6.45, 7) is 10.7. The normalized spacial score (nSPS) is 21.1. The number of amides is 2. The van der Waals surface area contributed by atoms with Crippen molar-refractivity contribution < 1.29 is 81.5 Å². The van der Waals surface area contributed by atoms with Crippen molar-refractivity contribution in [1.82, 2.24) is 20.3 Å². The summed E-state index contributed by atoms with van der Waals surface area (Å²) >= 11 is 6.52. The first-order chi connectivity index (χ1) is 42.8. The maximum atomic E-state index is 14.1. The number of ether oxygens (including phenoxy) is 6. The number of hydrogen-bond donors (Lipinski definition) is 9. The van der Waals surface area contributed by atoms with Gasteiger partial charge in [0.25, 0.3) is 0 Å². The van der Waals surface area contributed by atoms with E-state index in [1.165, 1.54) is 59.2 Å². The van der Waals surface area contributed by atoms with Crippen LogP contribution in [0.25, 0.3) is 0 Å². The number of nitrogens with one attached hydrogen (secondary N) is 3. The van der Waals surface area contributed by atoms with Gasteiger partial charge in [-0.2, -0.15) is 10.1 Å². The van der Waals surface area contributed by atoms with Crippen LogP contribution in [0.4, 0.5) is 32.7 Å². The third-order valence-corrected chi connectivity index (χ3v) is 20.8. The number of hydrogen-bond acceptors (Lipinski definition) is 25. The van der Waals surface area contributed by atoms with E-state index in [1.807, 2.05) is 32.9 Å². The number of rotatable bonds is 22. The third-order valence-electron chi connectivity index (χ3n) is 16.0. The zero-order valence-corrected chi connectivity index (χ0v) is 53.7. The number of halogens is 1. The standard InChI is InChI=1S/C61H73ClN8O17S3/c1-30(2)85-43-24-36(32(5)23-41(43)66-58-64-28-38(62)57(67-58)65-40-12-8-9-14-45(40)90(80,81)31(3)4)34-15-17-70(18-16-34)60(78)84-20-22-89-88-21-19-83-59(77)69-68-46(29-71)61(79)26-37-49(44(27-61)87-47-25-39(63)52(72)33(6)86-47)56(76)51-50(54(37)74)53(73)35-11-10-13-42(82-7)48(35)55(51)75/h8-14,23-24,28,30-31,33-34,39,44,47,52,71-72,74,76,79H,15-22,25-27,29,63H2,1-7H3,(H,69,77)(H2,64,65,66,67)/t33?,39?,44-,47?,52?,61-/m0/s1. The zero-order valence-electron chi connectivity index (χ0n) is 50.5. The molecule has 6 atom stereocenters. The molecule has 2 aliphatic heterocycles. The minimum absolute atomic E-state index is 0.0474. The third kappa shape index (κ3) is 14.5. The van der Waals surface area contributed by atoms with Gasteiger partial charge >= 0.3 is 12.2 Å². The van der Waals surface area contributed by atoms with Crippen LogP contribution in [-0.2, 0) is 35.2 Å². The minimum Gasteiger partial charge on any atom is -0.507 e. The van der Waals surface area contributed by atoms with E-state index in [-0.39, 0.29) is 81.3 Å². The van der Waals surface area contributed by atoms with E-state index in [9.17, 15) is 53.1 Å². The molecule has 2 saturated heterocycles. The number of anilines is 4. The lowest BCUT2D eigenvalue weighted by atomic mass is 9.71. The van der Waals surface area contributed by atoms with Crippen molar-refractivity contribution in [2.24, 2.45) is 10.8 Å². The van der Waals surface area contributed by atoms with Crippen LogP contribution >= 0.6 is 33.2 Å². The molecule has 9 rings (SSSR count). The number of hydrazone groups is 1. The quantitative estimate of drug-likeness (QED) is 0.0102. The number of phenols is 2. The molecule has 0 radical (unpaired) electrons. The Morgan fingerprint density at radius 2 is 1.64 bits per heavy atom. The topological polar surface area (TPSA) is 362 Å². The molecule has 25 nitrogen and oxygen atoms in total. The highest BCUT2D eigenvalue weighted by atomic mass is 35.5. The van der Waals surface area contributed by atoms with Gasteiger partial charge in [0.1, 0.15) is 46.8 Å². The van der Waals surface area contributed by atoms with E-state index in [2.05, 4.69) is 31.1 Å². The number of para-hydroxylation sites is 1. The number of phenolic OH excluding ortho intramolecular Hbond substituents is 2. The Balaban J connectivity index is 0.748. The highest BCUT2D eigenvalue weighted by molar-refractivity contribution is 8.76. The molecule has 4 aliphatic rings. The Kier molecular flexibility index (Phi) is 21.5. The van der Waals surface area contributed by atoms with E-state index in [0.29, 0.717) is 54.6 Å². The molecule has 2 aliphatic carbocycles. The predicted molar refractivity (Wildman–Crippen MR) is 338 cm³/mol. The molecule has 4 unspecified atom stereocenters. The Morgan fingerprint density at radius 1 is 0.944 bits per heavy atom. The number of aliphatic hydroxyl groups is 3. The first-order valence-corrected chi connectivity index (χ1v) is 33.6. The molecule has 2 amide bonds. The van der Waals surface area contributed by atoms with Gasteiger partial charge in [-0.15, -0.1) is 0 Å². The Labute approximate surface area is 533 Å². The zero-order chi connectivity index (χ0) is 64.9. The molecule has 0 saturated carbocycles. The molecular weight excluding hydrogens is 1250 g/mol. The average Bonchev–Trinajstić information content (AvgIpc) is 0.714. The lowest BCUT2D eigenvalue weighted by Gasteiger charge is -2.43. The van der Waals surface area contributed by atoms with E-state index >= 15 is 0 Å². The fourth-order valence-corrected chi connectivity index (χ4v) is 14.4. The van der Waals surface area contributed by atoms with E-state index in [1.54, 1.807) is 43.9 Å². The summed E-state index contributed by atoms with van der Waals surface area (Å²) in [5, 5.41) is 67.2. The van der Waals surface area contributed by atoms with E-state index < -0.39 is 123 Å². The fourth-order valence-electron chi connectivity index (χ4n) is 11.4. The molecule has 484 valence electrons. The molecule has 29 heteroatoms. The number of carbonyl (C=O) groups excluding carboxylic acids is 4. The summed E-state index contributed by atoms with van der Waals surface area (Å²) in [7, 11) is 0.441. The number of methoxy groups -OCH3 is 1. The number of aromatic hydroxyl groups is 2. The van der Waals surface area contributed by atoms with Crippen molar-refractivity contribution >= 4 is 95.6 Å².